The standard InChI is InChI=1S/C14H10ClN3O/c1-9-4-2-3-5-11(9)13-17-14(19-18-13)10-6-7-16-12(15)8-10/h2-8H,1H3. The zero-order valence-corrected chi connectivity index (χ0v) is 10.9. The Kier molecular flexibility index (Phi) is 3.01. The molecular weight excluding hydrogens is 262 g/mol. The molecule has 0 fully saturated rings. The highest BCUT2D eigenvalue weighted by atomic mass is 35.5. The molecule has 4 nitrogen and oxygen atoms in total. The van der Waals surface area contributed by atoms with Gasteiger partial charge in [0.05, 0.1) is 0 Å². The van der Waals surface area contributed by atoms with Gasteiger partial charge in [0.15, 0.2) is 0 Å². The monoisotopic (exact) mass is 271 g/mol. The first-order valence-corrected chi connectivity index (χ1v) is 6.13. The second-order valence-corrected chi connectivity index (χ2v) is 4.49. The van der Waals surface area contributed by atoms with Crippen LogP contribution >= 0.6 is 11.6 Å². The molecule has 0 radical (unpaired) electrons. The molecule has 2 heterocycles. The van der Waals surface area contributed by atoms with Gasteiger partial charge in [0, 0.05) is 17.3 Å². The minimum absolute atomic E-state index is 0.396. The summed E-state index contributed by atoms with van der Waals surface area (Å²) in [4.78, 5) is 8.31. The minimum Gasteiger partial charge on any atom is -0.334 e. The van der Waals surface area contributed by atoms with Crippen molar-refractivity contribution in [3.63, 3.8) is 0 Å². The van der Waals surface area contributed by atoms with Crippen molar-refractivity contribution in [2.45, 2.75) is 6.92 Å². The van der Waals surface area contributed by atoms with Crippen LogP contribution in [-0.2, 0) is 0 Å². The third-order valence-electron chi connectivity index (χ3n) is 2.79. The number of hydrogen-bond donors (Lipinski definition) is 0. The predicted octanol–water partition coefficient (Wildman–Crippen LogP) is 3.76. The maximum Gasteiger partial charge on any atom is 0.258 e. The van der Waals surface area contributed by atoms with Crippen LogP contribution in [0.2, 0.25) is 5.15 Å². The average molecular weight is 272 g/mol. The molecule has 0 amide bonds. The van der Waals surface area contributed by atoms with Gasteiger partial charge in [-0.1, -0.05) is 41.0 Å². The molecule has 0 aliphatic carbocycles. The lowest BCUT2D eigenvalue weighted by Gasteiger charge is -1.98. The van der Waals surface area contributed by atoms with Gasteiger partial charge >= 0.3 is 0 Å². The van der Waals surface area contributed by atoms with E-state index in [0.717, 1.165) is 16.7 Å². The van der Waals surface area contributed by atoms with Crippen LogP contribution < -0.4 is 0 Å². The van der Waals surface area contributed by atoms with Gasteiger partial charge in [-0.25, -0.2) is 4.98 Å². The van der Waals surface area contributed by atoms with Gasteiger partial charge in [-0.3, -0.25) is 0 Å². The summed E-state index contributed by atoms with van der Waals surface area (Å²) in [5, 5.41) is 4.40. The first kappa shape index (κ1) is 11.9. The molecule has 3 rings (SSSR count). The van der Waals surface area contributed by atoms with Crippen molar-refractivity contribution < 1.29 is 4.52 Å². The van der Waals surface area contributed by atoms with Gasteiger partial charge in [0.25, 0.3) is 5.89 Å². The van der Waals surface area contributed by atoms with Crippen LogP contribution in [-0.4, -0.2) is 15.1 Å². The fourth-order valence-corrected chi connectivity index (χ4v) is 1.98. The molecule has 0 spiro atoms. The number of halogens is 1. The Morgan fingerprint density at radius 3 is 2.79 bits per heavy atom. The molecule has 0 aliphatic rings. The van der Waals surface area contributed by atoms with Gasteiger partial charge in [0.1, 0.15) is 5.15 Å². The van der Waals surface area contributed by atoms with E-state index in [-0.39, 0.29) is 0 Å². The molecule has 0 N–H and O–H groups in total. The Balaban J connectivity index is 2.03. The lowest BCUT2D eigenvalue weighted by Crippen LogP contribution is -1.85. The fourth-order valence-electron chi connectivity index (χ4n) is 1.81. The summed E-state index contributed by atoms with van der Waals surface area (Å²) in [6.07, 6.45) is 1.61. The summed E-state index contributed by atoms with van der Waals surface area (Å²) in [6.45, 7) is 2.01. The SMILES string of the molecule is Cc1ccccc1-c1noc(-c2ccnc(Cl)c2)n1. The van der Waals surface area contributed by atoms with Crippen molar-refractivity contribution in [1.82, 2.24) is 15.1 Å². The lowest BCUT2D eigenvalue weighted by molar-refractivity contribution is 0.432. The van der Waals surface area contributed by atoms with E-state index < -0.39 is 0 Å². The highest BCUT2D eigenvalue weighted by molar-refractivity contribution is 6.29. The van der Waals surface area contributed by atoms with Gasteiger partial charge < -0.3 is 4.52 Å². The van der Waals surface area contributed by atoms with Crippen LogP contribution in [0.1, 0.15) is 5.56 Å². The molecule has 0 bridgehead atoms. The molecule has 5 heteroatoms. The van der Waals surface area contributed by atoms with E-state index in [9.17, 15) is 0 Å². The van der Waals surface area contributed by atoms with Crippen molar-refractivity contribution in [1.29, 1.82) is 0 Å². The smallest absolute Gasteiger partial charge is 0.258 e. The second-order valence-electron chi connectivity index (χ2n) is 4.11. The number of rotatable bonds is 2. The van der Waals surface area contributed by atoms with Gasteiger partial charge in [-0.15, -0.1) is 0 Å². The van der Waals surface area contributed by atoms with Gasteiger partial charge in [-0.2, -0.15) is 4.98 Å². The first-order chi connectivity index (χ1) is 9.24. The Morgan fingerprint density at radius 1 is 1.16 bits per heavy atom. The second kappa shape index (κ2) is 4.82. The first-order valence-electron chi connectivity index (χ1n) is 5.76. The summed E-state index contributed by atoms with van der Waals surface area (Å²) >= 11 is 5.84. The molecule has 0 unspecified atom stereocenters. The highest BCUT2D eigenvalue weighted by Gasteiger charge is 2.12. The van der Waals surface area contributed by atoms with Crippen LogP contribution in [0.15, 0.2) is 47.1 Å². The van der Waals surface area contributed by atoms with Crippen molar-refractivity contribution >= 4 is 11.6 Å². The molecule has 0 atom stereocenters. The molecule has 2 aromatic heterocycles. The van der Waals surface area contributed by atoms with Crippen LogP contribution in [0.5, 0.6) is 0 Å². The summed E-state index contributed by atoms with van der Waals surface area (Å²) < 4.78 is 5.27. The van der Waals surface area contributed by atoms with E-state index in [1.807, 2.05) is 31.2 Å². The third kappa shape index (κ3) is 2.35. The van der Waals surface area contributed by atoms with Crippen LogP contribution in [0.3, 0.4) is 0 Å². The van der Waals surface area contributed by atoms with Crippen molar-refractivity contribution in [2.75, 3.05) is 0 Å². The number of pyridine rings is 1. The molecule has 94 valence electrons. The quantitative estimate of drug-likeness (QED) is 0.666. The Morgan fingerprint density at radius 2 is 2.00 bits per heavy atom. The molecule has 19 heavy (non-hydrogen) atoms. The normalized spacial score (nSPS) is 10.6. The van der Waals surface area contributed by atoms with Gasteiger partial charge in [0.2, 0.25) is 5.82 Å². The number of aromatic nitrogens is 3. The van der Waals surface area contributed by atoms with E-state index in [1.165, 1.54) is 0 Å². The van der Waals surface area contributed by atoms with Crippen LogP contribution in [0.25, 0.3) is 22.8 Å². The van der Waals surface area contributed by atoms with Crippen molar-refractivity contribution in [2.24, 2.45) is 0 Å². The zero-order chi connectivity index (χ0) is 13.2. The average Bonchev–Trinajstić information content (AvgIpc) is 2.89. The molecule has 1 aromatic carbocycles. The van der Waals surface area contributed by atoms with Crippen LogP contribution in [0, 0.1) is 6.92 Å². The number of nitrogens with zero attached hydrogens (tertiary/aromatic N) is 3. The van der Waals surface area contributed by atoms with E-state index in [1.54, 1.807) is 18.3 Å². The summed E-state index contributed by atoms with van der Waals surface area (Å²) in [5.74, 6) is 1.00. The third-order valence-corrected chi connectivity index (χ3v) is 2.99. The number of hydrogen-bond acceptors (Lipinski definition) is 4. The molecule has 0 saturated carbocycles. The lowest BCUT2D eigenvalue weighted by atomic mass is 10.1. The van der Waals surface area contributed by atoms with Crippen molar-refractivity contribution in [3.8, 4) is 22.8 Å². The summed E-state index contributed by atoms with van der Waals surface area (Å²) in [7, 11) is 0. The number of benzene rings is 1. The topological polar surface area (TPSA) is 51.8 Å². The van der Waals surface area contributed by atoms with E-state index >= 15 is 0 Å². The summed E-state index contributed by atoms with van der Waals surface area (Å²) in [6, 6.07) is 11.4. The van der Waals surface area contributed by atoms with E-state index in [2.05, 4.69) is 15.1 Å². The molecule has 0 saturated heterocycles. The maximum absolute atomic E-state index is 5.84. The van der Waals surface area contributed by atoms with Gasteiger partial charge in [-0.05, 0) is 24.6 Å². The van der Waals surface area contributed by atoms with E-state index in [0.29, 0.717) is 16.9 Å². The van der Waals surface area contributed by atoms with Crippen molar-refractivity contribution in [3.05, 3.63) is 53.3 Å². The van der Waals surface area contributed by atoms with E-state index in [4.69, 9.17) is 16.1 Å². The molecular formula is C14H10ClN3O. The zero-order valence-electron chi connectivity index (χ0n) is 10.2. The maximum atomic E-state index is 5.84. The minimum atomic E-state index is 0.396. The molecule has 0 aliphatic heterocycles. The largest absolute Gasteiger partial charge is 0.334 e. The van der Waals surface area contributed by atoms with Crippen LogP contribution in [0.4, 0.5) is 0 Å². The Bertz CT molecular complexity index is 724. The molecule has 3 aromatic rings. The Labute approximate surface area is 115 Å². The fraction of sp³-hybridized carbons (Fsp3) is 0.0714. The summed E-state index contributed by atoms with van der Waals surface area (Å²) in [5.41, 5.74) is 2.81. The number of aryl methyl sites for hydroxylation is 1. The highest BCUT2D eigenvalue weighted by Crippen LogP contribution is 2.24. The Hall–Kier alpha value is -2.20. The predicted molar refractivity (Wildman–Crippen MR) is 72.7 cm³/mol.